The maximum Gasteiger partial charge on any atom is 0.200 e. The molecule has 0 aliphatic rings. The first-order valence-electron chi connectivity index (χ1n) is 5.27. The Hall–Kier alpha value is -2.11. The van der Waals surface area contributed by atoms with Gasteiger partial charge in [-0.3, -0.25) is 0 Å². The first kappa shape index (κ1) is 13.3. The largest absolute Gasteiger partial charge is 0.388 e. The molecule has 2 aromatic rings. The van der Waals surface area contributed by atoms with Crippen LogP contribution in [0.3, 0.4) is 0 Å². The average Bonchev–Trinajstić information content (AvgIpc) is 2.44. The molecule has 0 saturated carbocycles. The molecule has 19 heavy (non-hydrogen) atoms. The Morgan fingerprint density at radius 3 is 1.53 bits per heavy atom. The standard InChI is InChI=1S/C13H8F5N/c1-19-7-4-2-6(3-5-7)8-9(14)11(16)13(18)12(17)10(8)15/h2-5,19H,1H3. The van der Waals surface area contributed by atoms with Gasteiger partial charge < -0.3 is 5.32 Å². The molecule has 0 aromatic heterocycles. The van der Waals surface area contributed by atoms with Crippen LogP contribution in [0.2, 0.25) is 0 Å². The molecule has 2 aromatic carbocycles. The Morgan fingerprint density at radius 2 is 1.11 bits per heavy atom. The first-order chi connectivity index (χ1) is 8.97. The van der Waals surface area contributed by atoms with E-state index in [1.807, 2.05) is 0 Å². The van der Waals surface area contributed by atoms with Crippen LogP contribution in [0.15, 0.2) is 24.3 Å². The predicted molar refractivity (Wildman–Crippen MR) is 61.2 cm³/mol. The van der Waals surface area contributed by atoms with Gasteiger partial charge in [-0.15, -0.1) is 0 Å². The van der Waals surface area contributed by atoms with E-state index in [1.54, 1.807) is 7.05 Å². The van der Waals surface area contributed by atoms with E-state index in [0.717, 1.165) is 0 Å². The molecule has 0 aliphatic carbocycles. The number of anilines is 1. The highest BCUT2D eigenvalue weighted by Gasteiger charge is 2.26. The summed E-state index contributed by atoms with van der Waals surface area (Å²) < 4.78 is 66.1. The second-order valence-corrected chi connectivity index (χ2v) is 3.77. The summed E-state index contributed by atoms with van der Waals surface area (Å²) in [7, 11) is 1.63. The third-order valence-electron chi connectivity index (χ3n) is 2.67. The van der Waals surface area contributed by atoms with Gasteiger partial charge >= 0.3 is 0 Å². The zero-order chi connectivity index (χ0) is 14.2. The van der Waals surface area contributed by atoms with Crippen LogP contribution in [-0.4, -0.2) is 7.05 Å². The lowest BCUT2D eigenvalue weighted by Gasteiger charge is -2.09. The van der Waals surface area contributed by atoms with Crippen LogP contribution in [0.1, 0.15) is 0 Å². The maximum absolute atomic E-state index is 13.5. The summed E-state index contributed by atoms with van der Waals surface area (Å²) in [5, 5.41) is 2.77. The van der Waals surface area contributed by atoms with Gasteiger partial charge in [0.1, 0.15) is 0 Å². The number of rotatable bonds is 2. The quantitative estimate of drug-likeness (QED) is 0.493. The molecule has 0 saturated heterocycles. The molecule has 1 nitrogen and oxygen atoms in total. The van der Waals surface area contributed by atoms with Crippen molar-refractivity contribution in [2.75, 3.05) is 12.4 Å². The van der Waals surface area contributed by atoms with E-state index < -0.39 is 34.6 Å². The van der Waals surface area contributed by atoms with Gasteiger partial charge in [0.25, 0.3) is 0 Å². The average molecular weight is 273 g/mol. The van der Waals surface area contributed by atoms with Crippen molar-refractivity contribution >= 4 is 5.69 Å². The second kappa shape index (κ2) is 4.87. The van der Waals surface area contributed by atoms with Gasteiger partial charge in [-0.25, -0.2) is 22.0 Å². The van der Waals surface area contributed by atoms with Gasteiger partial charge in [0, 0.05) is 12.7 Å². The summed E-state index contributed by atoms with van der Waals surface area (Å²) >= 11 is 0. The predicted octanol–water partition coefficient (Wildman–Crippen LogP) is 4.09. The van der Waals surface area contributed by atoms with Gasteiger partial charge in [-0.2, -0.15) is 0 Å². The number of benzene rings is 2. The van der Waals surface area contributed by atoms with Crippen molar-refractivity contribution in [1.29, 1.82) is 0 Å². The normalized spacial score (nSPS) is 10.6. The molecular formula is C13H8F5N. The number of hydrogen-bond acceptors (Lipinski definition) is 1. The Bertz CT molecular complexity index is 593. The third-order valence-corrected chi connectivity index (χ3v) is 2.67. The fraction of sp³-hybridized carbons (Fsp3) is 0.0769. The van der Waals surface area contributed by atoms with Crippen LogP contribution in [0.5, 0.6) is 0 Å². The molecule has 0 amide bonds. The van der Waals surface area contributed by atoms with E-state index in [4.69, 9.17) is 0 Å². The highest BCUT2D eigenvalue weighted by atomic mass is 19.2. The minimum absolute atomic E-state index is 0.0909. The number of halogens is 5. The summed E-state index contributed by atoms with van der Waals surface area (Å²) in [6, 6.07) is 5.47. The summed E-state index contributed by atoms with van der Waals surface area (Å²) in [5.74, 6) is -9.74. The fourth-order valence-corrected chi connectivity index (χ4v) is 1.66. The highest BCUT2D eigenvalue weighted by molar-refractivity contribution is 5.67. The Kier molecular flexibility index (Phi) is 3.42. The highest BCUT2D eigenvalue weighted by Crippen LogP contribution is 2.31. The van der Waals surface area contributed by atoms with Crippen LogP contribution >= 0.6 is 0 Å². The monoisotopic (exact) mass is 273 g/mol. The van der Waals surface area contributed by atoms with E-state index in [-0.39, 0.29) is 5.56 Å². The van der Waals surface area contributed by atoms with Crippen molar-refractivity contribution in [2.24, 2.45) is 0 Å². The summed E-state index contributed by atoms with van der Waals surface area (Å²) in [6.45, 7) is 0. The Morgan fingerprint density at radius 1 is 0.684 bits per heavy atom. The number of nitrogens with one attached hydrogen (secondary N) is 1. The minimum atomic E-state index is -2.16. The second-order valence-electron chi connectivity index (χ2n) is 3.77. The molecule has 0 atom stereocenters. The van der Waals surface area contributed by atoms with E-state index in [2.05, 4.69) is 5.32 Å². The lowest BCUT2D eigenvalue weighted by Crippen LogP contribution is -2.04. The number of hydrogen-bond donors (Lipinski definition) is 1. The molecule has 0 unspecified atom stereocenters. The SMILES string of the molecule is CNc1ccc(-c2c(F)c(F)c(F)c(F)c2F)cc1. The van der Waals surface area contributed by atoms with Crippen LogP contribution < -0.4 is 5.32 Å². The Balaban J connectivity index is 2.67. The van der Waals surface area contributed by atoms with Gasteiger partial charge in [-0.05, 0) is 17.7 Å². The summed E-state index contributed by atoms with van der Waals surface area (Å²) in [4.78, 5) is 0. The third kappa shape index (κ3) is 2.14. The van der Waals surface area contributed by atoms with Gasteiger partial charge in [-0.1, -0.05) is 12.1 Å². The van der Waals surface area contributed by atoms with Crippen molar-refractivity contribution in [3.8, 4) is 11.1 Å². The molecular weight excluding hydrogens is 265 g/mol. The van der Waals surface area contributed by atoms with Crippen molar-refractivity contribution in [2.45, 2.75) is 0 Å². The van der Waals surface area contributed by atoms with Gasteiger partial charge in [0.2, 0.25) is 5.82 Å². The molecule has 2 rings (SSSR count). The van der Waals surface area contributed by atoms with Crippen molar-refractivity contribution in [1.82, 2.24) is 0 Å². The topological polar surface area (TPSA) is 12.0 Å². The zero-order valence-corrected chi connectivity index (χ0v) is 9.70. The maximum atomic E-state index is 13.5. The van der Waals surface area contributed by atoms with E-state index in [9.17, 15) is 22.0 Å². The lowest BCUT2D eigenvalue weighted by atomic mass is 10.0. The summed E-state index contributed by atoms with van der Waals surface area (Å²) in [5.41, 5.74) is -0.376. The van der Waals surface area contributed by atoms with E-state index in [1.165, 1.54) is 24.3 Å². The molecule has 1 N–H and O–H groups in total. The smallest absolute Gasteiger partial charge is 0.200 e. The van der Waals surface area contributed by atoms with Crippen LogP contribution in [0, 0.1) is 29.1 Å². The van der Waals surface area contributed by atoms with Crippen LogP contribution in [-0.2, 0) is 0 Å². The van der Waals surface area contributed by atoms with Gasteiger partial charge in [0.05, 0.1) is 5.56 Å². The van der Waals surface area contributed by atoms with Gasteiger partial charge in [0.15, 0.2) is 23.3 Å². The van der Waals surface area contributed by atoms with E-state index >= 15 is 0 Å². The van der Waals surface area contributed by atoms with E-state index in [0.29, 0.717) is 5.69 Å². The summed E-state index contributed by atoms with van der Waals surface area (Å²) in [6.07, 6.45) is 0. The molecule has 0 fully saturated rings. The molecule has 0 radical (unpaired) electrons. The molecule has 0 bridgehead atoms. The van der Waals surface area contributed by atoms with Crippen molar-refractivity contribution in [3.05, 3.63) is 53.4 Å². The molecule has 6 heteroatoms. The van der Waals surface area contributed by atoms with Crippen molar-refractivity contribution < 1.29 is 22.0 Å². The van der Waals surface area contributed by atoms with Crippen LogP contribution in [0.4, 0.5) is 27.6 Å². The molecule has 100 valence electrons. The molecule has 0 aliphatic heterocycles. The van der Waals surface area contributed by atoms with Crippen molar-refractivity contribution in [3.63, 3.8) is 0 Å². The lowest BCUT2D eigenvalue weighted by molar-refractivity contribution is 0.381. The van der Waals surface area contributed by atoms with Crippen LogP contribution in [0.25, 0.3) is 11.1 Å². The molecule has 0 heterocycles. The zero-order valence-electron chi connectivity index (χ0n) is 9.70. The minimum Gasteiger partial charge on any atom is -0.388 e. The fourth-order valence-electron chi connectivity index (χ4n) is 1.66. The first-order valence-corrected chi connectivity index (χ1v) is 5.27. The molecule has 0 spiro atoms. The Labute approximate surface area is 105 Å².